The average molecular weight is 268 g/mol. The molecule has 0 radical (unpaired) electrons. The fraction of sp³-hybridized carbons (Fsp3) is 0.231. The van der Waals surface area contributed by atoms with E-state index in [0.717, 1.165) is 6.07 Å². The van der Waals surface area contributed by atoms with Crippen molar-refractivity contribution in [2.24, 2.45) is 0 Å². The van der Waals surface area contributed by atoms with Gasteiger partial charge in [0.05, 0.1) is 11.1 Å². The van der Waals surface area contributed by atoms with E-state index in [0.29, 0.717) is 0 Å². The quantitative estimate of drug-likeness (QED) is 0.796. The third-order valence-corrected chi connectivity index (χ3v) is 2.65. The van der Waals surface area contributed by atoms with Crippen LogP contribution in [0.4, 0.5) is 13.2 Å². The molecular weight excluding hydrogens is 257 g/mol. The molecule has 2 aromatic rings. The fourth-order valence-electron chi connectivity index (χ4n) is 1.75. The Labute approximate surface area is 107 Å². The molecule has 3 nitrogen and oxygen atoms in total. The lowest BCUT2D eigenvalue weighted by Crippen LogP contribution is -2.23. The summed E-state index contributed by atoms with van der Waals surface area (Å²) >= 11 is 0. The van der Waals surface area contributed by atoms with Gasteiger partial charge in [0, 0.05) is 19.5 Å². The summed E-state index contributed by atoms with van der Waals surface area (Å²) in [4.78, 5) is 16.9. The Kier molecular flexibility index (Phi) is 3.18. The molecule has 0 aliphatic rings. The molecule has 6 heteroatoms. The SMILES string of the molecule is CN(C)C(=O)c1cc(C(F)(F)F)c2ccccc2n1. The molecule has 1 amide bonds. The van der Waals surface area contributed by atoms with E-state index in [1.165, 1.54) is 37.2 Å². The van der Waals surface area contributed by atoms with Gasteiger partial charge < -0.3 is 4.90 Å². The molecule has 0 aliphatic heterocycles. The summed E-state index contributed by atoms with van der Waals surface area (Å²) in [5, 5.41) is -0.00898. The highest BCUT2D eigenvalue weighted by atomic mass is 19.4. The van der Waals surface area contributed by atoms with Crippen molar-refractivity contribution < 1.29 is 18.0 Å². The second kappa shape index (κ2) is 4.53. The summed E-state index contributed by atoms with van der Waals surface area (Å²) in [6, 6.07) is 6.68. The van der Waals surface area contributed by atoms with Crippen LogP contribution >= 0.6 is 0 Å². The highest BCUT2D eigenvalue weighted by Crippen LogP contribution is 2.34. The molecule has 0 aliphatic carbocycles. The molecule has 1 aromatic heterocycles. The van der Waals surface area contributed by atoms with Crippen molar-refractivity contribution in [3.63, 3.8) is 0 Å². The van der Waals surface area contributed by atoms with E-state index < -0.39 is 17.6 Å². The molecule has 0 atom stereocenters. The number of amides is 1. The number of fused-ring (bicyclic) bond motifs is 1. The lowest BCUT2D eigenvalue weighted by molar-refractivity contribution is -0.136. The van der Waals surface area contributed by atoms with E-state index in [1.807, 2.05) is 0 Å². The van der Waals surface area contributed by atoms with E-state index in [4.69, 9.17) is 0 Å². The molecule has 0 unspecified atom stereocenters. The van der Waals surface area contributed by atoms with E-state index in [9.17, 15) is 18.0 Å². The number of rotatable bonds is 1. The molecule has 0 spiro atoms. The lowest BCUT2D eigenvalue weighted by atomic mass is 10.1. The fourth-order valence-corrected chi connectivity index (χ4v) is 1.75. The first-order chi connectivity index (χ1) is 8.80. The first-order valence-corrected chi connectivity index (χ1v) is 5.49. The van der Waals surface area contributed by atoms with Crippen LogP contribution < -0.4 is 0 Å². The number of nitrogens with zero attached hydrogens (tertiary/aromatic N) is 2. The number of benzene rings is 1. The van der Waals surface area contributed by atoms with Crippen LogP contribution in [0.3, 0.4) is 0 Å². The summed E-state index contributed by atoms with van der Waals surface area (Å²) in [6.07, 6.45) is -4.52. The Bertz CT molecular complexity index is 635. The third kappa shape index (κ3) is 2.52. The van der Waals surface area contributed by atoms with Crippen LogP contribution in [0.15, 0.2) is 30.3 Å². The number of carbonyl (C=O) groups is 1. The van der Waals surface area contributed by atoms with Crippen LogP contribution in [0.25, 0.3) is 10.9 Å². The van der Waals surface area contributed by atoms with E-state index in [2.05, 4.69) is 4.98 Å². The number of halogens is 3. The van der Waals surface area contributed by atoms with Gasteiger partial charge in [0.25, 0.3) is 5.91 Å². The molecule has 0 N–H and O–H groups in total. The number of hydrogen-bond donors (Lipinski definition) is 0. The van der Waals surface area contributed by atoms with Crippen LogP contribution in [0, 0.1) is 0 Å². The minimum Gasteiger partial charge on any atom is -0.343 e. The van der Waals surface area contributed by atoms with Crippen LogP contribution in [0.5, 0.6) is 0 Å². The standard InChI is InChI=1S/C13H11F3N2O/c1-18(2)12(19)11-7-9(13(14,15)16)8-5-3-4-6-10(8)17-11/h3-7H,1-2H3. The summed E-state index contributed by atoms with van der Waals surface area (Å²) < 4.78 is 39.0. The summed E-state index contributed by atoms with van der Waals surface area (Å²) in [5.74, 6) is -0.559. The summed E-state index contributed by atoms with van der Waals surface area (Å²) in [5.41, 5.74) is -0.901. The Hall–Kier alpha value is -2.11. The maximum Gasteiger partial charge on any atom is 0.417 e. The van der Waals surface area contributed by atoms with Crippen molar-refractivity contribution in [3.8, 4) is 0 Å². The zero-order chi connectivity index (χ0) is 14.2. The van der Waals surface area contributed by atoms with E-state index in [-0.39, 0.29) is 16.6 Å². The zero-order valence-corrected chi connectivity index (χ0v) is 10.3. The van der Waals surface area contributed by atoms with Gasteiger partial charge in [-0.25, -0.2) is 4.98 Å². The van der Waals surface area contributed by atoms with E-state index >= 15 is 0 Å². The van der Waals surface area contributed by atoms with Crippen molar-refractivity contribution in [2.75, 3.05) is 14.1 Å². The molecule has 100 valence electrons. The van der Waals surface area contributed by atoms with E-state index in [1.54, 1.807) is 6.07 Å². The van der Waals surface area contributed by atoms with Crippen molar-refractivity contribution in [2.45, 2.75) is 6.18 Å². The van der Waals surface area contributed by atoms with Gasteiger partial charge >= 0.3 is 6.18 Å². The van der Waals surface area contributed by atoms with Crippen molar-refractivity contribution in [3.05, 3.63) is 41.6 Å². The highest BCUT2D eigenvalue weighted by molar-refractivity contribution is 5.95. The Morgan fingerprint density at radius 2 is 1.84 bits per heavy atom. The Morgan fingerprint density at radius 3 is 2.42 bits per heavy atom. The minimum atomic E-state index is -4.52. The Morgan fingerprint density at radius 1 is 1.21 bits per heavy atom. The maximum atomic E-state index is 13.0. The molecule has 0 saturated heterocycles. The van der Waals surface area contributed by atoms with Crippen LogP contribution in [0.2, 0.25) is 0 Å². The predicted molar refractivity (Wildman–Crippen MR) is 64.8 cm³/mol. The Balaban J connectivity index is 2.74. The third-order valence-electron chi connectivity index (χ3n) is 2.65. The molecule has 0 saturated carbocycles. The number of pyridine rings is 1. The summed E-state index contributed by atoms with van der Waals surface area (Å²) in [7, 11) is 2.93. The second-order valence-electron chi connectivity index (χ2n) is 4.27. The first kappa shape index (κ1) is 13.3. The zero-order valence-electron chi connectivity index (χ0n) is 10.3. The normalized spacial score (nSPS) is 11.6. The van der Waals surface area contributed by atoms with Crippen molar-refractivity contribution >= 4 is 16.8 Å². The minimum absolute atomic E-state index is 0.00898. The van der Waals surface area contributed by atoms with Gasteiger partial charge in [0.1, 0.15) is 5.69 Å². The van der Waals surface area contributed by atoms with Gasteiger partial charge in [-0.3, -0.25) is 4.79 Å². The number of para-hydroxylation sites is 1. The van der Waals surface area contributed by atoms with Gasteiger partial charge in [0.15, 0.2) is 0 Å². The van der Waals surface area contributed by atoms with Crippen LogP contribution in [-0.2, 0) is 6.18 Å². The lowest BCUT2D eigenvalue weighted by Gasteiger charge is -2.14. The molecule has 2 rings (SSSR count). The molecule has 1 aromatic carbocycles. The monoisotopic (exact) mass is 268 g/mol. The maximum absolute atomic E-state index is 13.0. The first-order valence-electron chi connectivity index (χ1n) is 5.49. The predicted octanol–water partition coefficient (Wildman–Crippen LogP) is 2.96. The number of alkyl halides is 3. The summed E-state index contributed by atoms with van der Waals surface area (Å²) in [6.45, 7) is 0. The van der Waals surface area contributed by atoms with Crippen molar-refractivity contribution in [1.82, 2.24) is 9.88 Å². The van der Waals surface area contributed by atoms with Gasteiger partial charge in [-0.05, 0) is 12.1 Å². The van der Waals surface area contributed by atoms with Crippen LogP contribution in [-0.4, -0.2) is 29.9 Å². The number of hydrogen-bond acceptors (Lipinski definition) is 2. The molecule has 0 fully saturated rings. The smallest absolute Gasteiger partial charge is 0.343 e. The number of aromatic nitrogens is 1. The van der Waals surface area contributed by atoms with Gasteiger partial charge in [0.2, 0.25) is 0 Å². The largest absolute Gasteiger partial charge is 0.417 e. The topological polar surface area (TPSA) is 33.2 Å². The van der Waals surface area contributed by atoms with Gasteiger partial charge in [-0.1, -0.05) is 18.2 Å². The van der Waals surface area contributed by atoms with Crippen LogP contribution in [0.1, 0.15) is 16.1 Å². The molecule has 19 heavy (non-hydrogen) atoms. The second-order valence-corrected chi connectivity index (χ2v) is 4.27. The molecule has 0 bridgehead atoms. The highest BCUT2D eigenvalue weighted by Gasteiger charge is 2.34. The molecular formula is C13H11F3N2O. The van der Waals surface area contributed by atoms with Gasteiger partial charge in [-0.2, -0.15) is 13.2 Å². The van der Waals surface area contributed by atoms with Crippen molar-refractivity contribution in [1.29, 1.82) is 0 Å². The molecule has 1 heterocycles. The van der Waals surface area contributed by atoms with Gasteiger partial charge in [-0.15, -0.1) is 0 Å². The number of carbonyl (C=O) groups excluding carboxylic acids is 1. The average Bonchev–Trinajstić information content (AvgIpc) is 2.35.